The van der Waals surface area contributed by atoms with E-state index in [9.17, 15) is 27.9 Å². The molecule has 2 aliphatic heterocycles. The van der Waals surface area contributed by atoms with Crippen molar-refractivity contribution in [2.75, 3.05) is 20.2 Å². The molecule has 0 spiro atoms. The quantitative estimate of drug-likeness (QED) is 0.711. The van der Waals surface area contributed by atoms with Gasteiger partial charge in [0.1, 0.15) is 22.6 Å². The summed E-state index contributed by atoms with van der Waals surface area (Å²) in [6, 6.07) is -0.874. The van der Waals surface area contributed by atoms with Gasteiger partial charge in [-0.2, -0.15) is 0 Å². The fraction of sp³-hybridized carbons (Fsp3) is 0.471. The molecule has 0 saturated carbocycles. The van der Waals surface area contributed by atoms with Gasteiger partial charge in [-0.05, 0) is 18.4 Å². The molecule has 0 aromatic carbocycles. The van der Waals surface area contributed by atoms with E-state index in [1.54, 1.807) is 6.92 Å². The molecular weight excluding hydrogens is 399 g/mol. The Kier molecular flexibility index (Phi) is 5.48. The molecule has 0 bridgehead atoms. The van der Waals surface area contributed by atoms with Gasteiger partial charge >= 0.3 is 11.9 Å². The predicted octanol–water partition coefficient (Wildman–Crippen LogP) is 1.85. The zero-order chi connectivity index (χ0) is 20.6. The molecule has 28 heavy (non-hydrogen) atoms. The summed E-state index contributed by atoms with van der Waals surface area (Å²) in [7, 11) is 1.17. The first-order valence-corrected chi connectivity index (χ1v) is 9.25. The number of carboxylic acids is 1. The van der Waals surface area contributed by atoms with E-state index in [2.05, 4.69) is 10.3 Å². The van der Waals surface area contributed by atoms with Gasteiger partial charge in [0.15, 0.2) is 0 Å². The molecule has 1 saturated heterocycles. The molecule has 2 atom stereocenters. The molecule has 1 aromatic rings. The molecule has 0 radical (unpaired) electrons. The first kappa shape index (κ1) is 20.3. The number of carboxylic acid groups (broad SMARTS) is 1. The summed E-state index contributed by atoms with van der Waals surface area (Å²) in [6.07, 6.45) is -0.820. The Hall–Kier alpha value is -2.40. The number of aliphatic carboxylic acids is 1. The van der Waals surface area contributed by atoms with E-state index in [4.69, 9.17) is 4.74 Å². The van der Waals surface area contributed by atoms with Crippen molar-refractivity contribution < 1.29 is 32.6 Å². The van der Waals surface area contributed by atoms with Crippen LogP contribution in [0.1, 0.15) is 18.2 Å². The highest BCUT2D eigenvalue weighted by Crippen LogP contribution is 2.33. The zero-order valence-electron chi connectivity index (χ0n) is 15.0. The van der Waals surface area contributed by atoms with Crippen LogP contribution in [0.4, 0.5) is 13.2 Å². The lowest BCUT2D eigenvalue weighted by Crippen LogP contribution is -2.44. The van der Waals surface area contributed by atoms with Crippen LogP contribution in [0.25, 0.3) is 0 Å². The second-order valence-corrected chi connectivity index (χ2v) is 7.50. The highest BCUT2D eigenvalue weighted by atomic mass is 32.1. The SMILES string of the molecule is COC(=O)C1=C(CN2CC(F)(F)CC2C(=O)O)NC(c2sccc2F)=NC1C. The van der Waals surface area contributed by atoms with Crippen molar-refractivity contribution in [2.45, 2.75) is 31.4 Å². The van der Waals surface area contributed by atoms with Gasteiger partial charge in [0.05, 0.1) is 25.3 Å². The van der Waals surface area contributed by atoms with E-state index in [1.165, 1.54) is 18.6 Å². The minimum atomic E-state index is -3.16. The lowest BCUT2D eigenvalue weighted by molar-refractivity contribution is -0.142. The summed E-state index contributed by atoms with van der Waals surface area (Å²) in [5.41, 5.74) is 0.253. The van der Waals surface area contributed by atoms with Gasteiger partial charge in [0.2, 0.25) is 0 Å². The Labute approximate surface area is 162 Å². The number of thiophene rings is 1. The number of nitrogens with zero attached hydrogens (tertiary/aromatic N) is 2. The van der Waals surface area contributed by atoms with Crippen LogP contribution in [0.15, 0.2) is 27.7 Å². The molecule has 7 nitrogen and oxygen atoms in total. The van der Waals surface area contributed by atoms with Crippen LogP contribution in [0, 0.1) is 5.82 Å². The fourth-order valence-corrected chi connectivity index (χ4v) is 4.08. The van der Waals surface area contributed by atoms with E-state index >= 15 is 0 Å². The van der Waals surface area contributed by atoms with Crippen molar-refractivity contribution in [3.05, 3.63) is 33.4 Å². The van der Waals surface area contributed by atoms with Crippen LogP contribution < -0.4 is 5.32 Å². The lowest BCUT2D eigenvalue weighted by Gasteiger charge is -2.29. The van der Waals surface area contributed by atoms with Gasteiger partial charge in [-0.15, -0.1) is 11.3 Å². The third-order valence-electron chi connectivity index (χ3n) is 4.59. The van der Waals surface area contributed by atoms with E-state index < -0.39 is 48.7 Å². The summed E-state index contributed by atoms with van der Waals surface area (Å²) >= 11 is 1.09. The number of hydrogen-bond acceptors (Lipinski definition) is 7. The smallest absolute Gasteiger partial charge is 0.337 e. The Morgan fingerprint density at radius 2 is 2.21 bits per heavy atom. The second kappa shape index (κ2) is 7.55. The van der Waals surface area contributed by atoms with Crippen LogP contribution in [0.5, 0.6) is 0 Å². The lowest BCUT2D eigenvalue weighted by atomic mass is 10.0. The number of carbonyl (C=O) groups excluding carboxylic acids is 1. The summed E-state index contributed by atoms with van der Waals surface area (Å²) in [6.45, 7) is 0.553. The molecule has 2 aliphatic rings. The molecule has 2 N–H and O–H groups in total. The van der Waals surface area contributed by atoms with Crippen molar-refractivity contribution in [1.29, 1.82) is 0 Å². The fourth-order valence-electron chi connectivity index (χ4n) is 3.36. The standard InChI is InChI=1S/C17H18F3N3O4S/c1-8-12(16(26)27-2)10(22-14(21-8)13-9(18)3-4-28-13)6-23-7-17(19,20)5-11(23)15(24)25/h3-4,8,11H,5-7H2,1-2H3,(H,21,22)(H,24,25). The molecule has 2 unspecified atom stereocenters. The number of aliphatic imine (C=N–C) groups is 1. The number of nitrogens with one attached hydrogen (secondary N) is 1. The Bertz CT molecular complexity index is 868. The molecule has 1 aromatic heterocycles. The molecule has 0 amide bonds. The topological polar surface area (TPSA) is 91.2 Å². The van der Waals surface area contributed by atoms with Crippen LogP contribution >= 0.6 is 11.3 Å². The maximum Gasteiger partial charge on any atom is 0.337 e. The maximum atomic E-state index is 14.0. The van der Waals surface area contributed by atoms with E-state index in [-0.39, 0.29) is 28.5 Å². The predicted molar refractivity (Wildman–Crippen MR) is 95.0 cm³/mol. The van der Waals surface area contributed by atoms with Gasteiger partial charge in [-0.25, -0.2) is 18.0 Å². The number of hydrogen-bond donors (Lipinski definition) is 2. The third kappa shape index (κ3) is 3.90. The Morgan fingerprint density at radius 1 is 1.50 bits per heavy atom. The largest absolute Gasteiger partial charge is 0.480 e. The van der Waals surface area contributed by atoms with E-state index in [0.29, 0.717) is 0 Å². The second-order valence-electron chi connectivity index (χ2n) is 6.58. The average Bonchev–Trinajstić information content (AvgIpc) is 3.16. The minimum Gasteiger partial charge on any atom is -0.480 e. The van der Waals surface area contributed by atoms with Crippen molar-refractivity contribution in [1.82, 2.24) is 10.2 Å². The summed E-state index contributed by atoms with van der Waals surface area (Å²) in [5, 5.41) is 13.6. The average molecular weight is 417 g/mol. The van der Waals surface area contributed by atoms with E-state index in [0.717, 1.165) is 16.2 Å². The van der Waals surface area contributed by atoms with Crippen LogP contribution in [-0.4, -0.2) is 66.0 Å². The Balaban J connectivity index is 1.95. The monoisotopic (exact) mass is 417 g/mol. The molecule has 152 valence electrons. The van der Waals surface area contributed by atoms with Gasteiger partial charge in [0.25, 0.3) is 5.92 Å². The highest BCUT2D eigenvalue weighted by Gasteiger charge is 2.48. The van der Waals surface area contributed by atoms with Crippen molar-refractivity contribution in [3.8, 4) is 0 Å². The van der Waals surface area contributed by atoms with Crippen LogP contribution in [0.3, 0.4) is 0 Å². The molecule has 1 fully saturated rings. The first-order valence-electron chi connectivity index (χ1n) is 8.37. The number of methoxy groups -OCH3 is 1. The zero-order valence-corrected chi connectivity index (χ0v) is 15.9. The molecule has 0 aliphatic carbocycles. The number of amidine groups is 1. The van der Waals surface area contributed by atoms with Crippen LogP contribution in [-0.2, 0) is 14.3 Å². The summed E-state index contributed by atoms with van der Waals surface area (Å²) in [4.78, 5) is 29.2. The number of rotatable bonds is 5. The van der Waals surface area contributed by atoms with Crippen molar-refractivity contribution >= 4 is 29.1 Å². The molecule has 11 heteroatoms. The third-order valence-corrected chi connectivity index (χ3v) is 5.48. The van der Waals surface area contributed by atoms with Gasteiger partial charge < -0.3 is 15.2 Å². The minimum absolute atomic E-state index is 0.0857. The number of likely N-dealkylation sites (tertiary alicyclic amines) is 1. The Morgan fingerprint density at radius 3 is 2.79 bits per heavy atom. The summed E-state index contributed by atoms with van der Waals surface area (Å²) < 4.78 is 46.4. The first-order chi connectivity index (χ1) is 13.1. The normalized spacial score (nSPS) is 24.7. The maximum absolute atomic E-state index is 14.0. The van der Waals surface area contributed by atoms with Gasteiger partial charge in [-0.3, -0.25) is 14.7 Å². The van der Waals surface area contributed by atoms with E-state index in [1.807, 2.05) is 0 Å². The van der Waals surface area contributed by atoms with Gasteiger partial charge in [-0.1, -0.05) is 0 Å². The molecule has 3 rings (SSSR count). The van der Waals surface area contributed by atoms with Gasteiger partial charge in [0, 0.05) is 18.7 Å². The highest BCUT2D eigenvalue weighted by molar-refractivity contribution is 7.12. The van der Waals surface area contributed by atoms with Crippen LogP contribution in [0.2, 0.25) is 0 Å². The number of alkyl halides is 2. The summed E-state index contributed by atoms with van der Waals surface area (Å²) in [5.74, 6) is -5.62. The number of halogens is 3. The molecular formula is C17H18F3N3O4S. The van der Waals surface area contributed by atoms with Crippen molar-refractivity contribution in [2.24, 2.45) is 4.99 Å². The number of ether oxygens (including phenoxy) is 1. The van der Waals surface area contributed by atoms with Crippen molar-refractivity contribution in [3.63, 3.8) is 0 Å². The number of carbonyl (C=O) groups is 2. The molecule has 3 heterocycles. The number of esters is 1.